The molecule has 0 bridgehead atoms. The topological polar surface area (TPSA) is 68.8 Å². The summed E-state index contributed by atoms with van der Waals surface area (Å²) in [5.41, 5.74) is 0. The molecule has 0 unspecified atom stereocenters. The van der Waals surface area contributed by atoms with Crippen molar-refractivity contribution in [1.29, 1.82) is 0 Å². The molecule has 0 spiro atoms. The van der Waals surface area contributed by atoms with Crippen molar-refractivity contribution >= 4 is 7.92 Å². The smallest absolute Gasteiger partial charge is 0.412 e. The van der Waals surface area contributed by atoms with Crippen LogP contribution in [0.4, 0.5) is 0 Å². The first-order valence-electron chi connectivity index (χ1n) is 2.66. The van der Waals surface area contributed by atoms with Crippen LogP contribution in [0.1, 0.15) is 0 Å². The molecule has 0 rings (SSSR count). The Balaban J connectivity index is 0. The van der Waals surface area contributed by atoms with E-state index in [1.165, 1.54) is 0 Å². The van der Waals surface area contributed by atoms with Crippen LogP contribution in [0.15, 0.2) is 0 Å². The zero-order valence-corrected chi connectivity index (χ0v) is 7.06. The van der Waals surface area contributed by atoms with Crippen LogP contribution in [0.5, 0.6) is 0 Å². The molecule has 0 aliphatic rings. The maximum Gasteiger partial charge on any atom is -0.412 e. The second kappa shape index (κ2) is 5.66. The summed E-state index contributed by atoms with van der Waals surface area (Å²) < 4.78 is 10.3. The van der Waals surface area contributed by atoms with E-state index >= 15 is 0 Å². The average molecular weight is 166 g/mol. The van der Waals surface area contributed by atoms with Crippen molar-refractivity contribution < 1.29 is 19.6 Å². The summed E-state index contributed by atoms with van der Waals surface area (Å²) in [7, 11) is 3.54. The predicted molar refractivity (Wildman–Crippen MR) is 39.2 cm³/mol. The van der Waals surface area contributed by atoms with E-state index in [1.807, 2.05) is 14.1 Å². The monoisotopic (exact) mass is 166 g/mol. The van der Waals surface area contributed by atoms with Gasteiger partial charge < -0.3 is 5.48 Å². The van der Waals surface area contributed by atoms with Crippen LogP contribution in [0, 0.1) is 5.75 Å². The normalized spacial score (nSPS) is 9.50. The molecule has 0 atom stereocenters. The van der Waals surface area contributed by atoms with Crippen molar-refractivity contribution in [1.82, 2.24) is 0 Å². The largest absolute Gasteiger partial charge is 0.412 e. The fraction of sp³-hybridized carbons (Fsp3) is 0.800. The van der Waals surface area contributed by atoms with Gasteiger partial charge in [0.25, 0.3) is 0 Å². The third kappa shape index (κ3) is 6.02. The minimum atomic E-state index is -0.105. The van der Waals surface area contributed by atoms with Gasteiger partial charge in [0.2, 0.25) is 0 Å². The molecule has 5 heteroatoms. The van der Waals surface area contributed by atoms with E-state index in [2.05, 4.69) is 5.75 Å². The standard InChI is InChI=1S/C5H11NO2P.H2O/c1-6(2,3-4-7)5-9-8;/h7H,3-4H2,1-2H3;1H2/q+1;. The number of nitrogens with zero attached hydrogens (tertiary/aromatic N) is 1. The van der Waals surface area contributed by atoms with Crippen molar-refractivity contribution in [3.05, 3.63) is 0 Å². The first kappa shape index (κ1) is 12.6. The average Bonchev–Trinajstić information content (AvgIpc) is 1.64. The first-order valence-corrected chi connectivity index (χ1v) is 3.47. The van der Waals surface area contributed by atoms with Gasteiger partial charge in [0.05, 0.1) is 0 Å². The first-order chi connectivity index (χ1) is 4.12. The molecule has 0 amide bonds. The molecule has 0 aromatic carbocycles. The molecule has 0 saturated carbocycles. The molecule has 0 radical (unpaired) electrons. The van der Waals surface area contributed by atoms with Crippen LogP contribution in [0.25, 0.3) is 0 Å². The Morgan fingerprint density at radius 1 is 1.60 bits per heavy atom. The van der Waals surface area contributed by atoms with Gasteiger partial charge in [0, 0.05) is 0 Å². The Labute approximate surface area is 61.5 Å². The van der Waals surface area contributed by atoms with Gasteiger partial charge in [-0.1, -0.05) is 0 Å². The number of rotatable bonds is 2. The molecule has 0 saturated heterocycles. The number of aliphatic hydroxyl groups is 1. The van der Waals surface area contributed by atoms with Gasteiger partial charge >= 0.3 is 55.1 Å². The fourth-order valence-corrected chi connectivity index (χ4v) is 0.732. The van der Waals surface area contributed by atoms with Crippen molar-refractivity contribution in [2.75, 3.05) is 27.2 Å². The van der Waals surface area contributed by atoms with Crippen molar-refractivity contribution in [3.8, 4) is 5.75 Å². The summed E-state index contributed by atoms with van der Waals surface area (Å²) in [5, 5.41) is 8.47. The molecular weight excluding hydrogens is 153 g/mol. The number of hydrogen-bond donors (Lipinski definition) is 1. The van der Waals surface area contributed by atoms with Crippen LogP contribution >= 0.6 is 7.92 Å². The van der Waals surface area contributed by atoms with Crippen molar-refractivity contribution in [3.63, 3.8) is 0 Å². The molecule has 0 aromatic heterocycles. The molecule has 0 fully saturated rings. The van der Waals surface area contributed by atoms with E-state index in [1.54, 1.807) is 0 Å². The Hall–Kier alpha value is -0.110. The van der Waals surface area contributed by atoms with Gasteiger partial charge in [-0.15, -0.1) is 0 Å². The number of likely N-dealkylation sites (N-methyl/N-ethyl adjacent to an activating group) is 1. The zero-order valence-electron chi connectivity index (χ0n) is 6.16. The maximum absolute atomic E-state index is 9.98. The molecular formula is C5H13NO3P+. The van der Waals surface area contributed by atoms with Crippen molar-refractivity contribution in [2.24, 2.45) is 0 Å². The fourth-order valence-electron chi connectivity index (χ4n) is 0.411. The van der Waals surface area contributed by atoms with Crippen LogP contribution in [0.2, 0.25) is 0 Å². The zero-order chi connectivity index (χ0) is 7.33. The number of quaternary nitrogens is 1. The minimum Gasteiger partial charge on any atom is -0.412 e. The molecule has 10 heavy (non-hydrogen) atoms. The molecule has 0 aliphatic carbocycles. The second-order valence-corrected chi connectivity index (χ2v) is 2.71. The van der Waals surface area contributed by atoms with E-state index in [0.29, 0.717) is 11.0 Å². The van der Waals surface area contributed by atoms with Crippen LogP contribution in [-0.4, -0.2) is 42.3 Å². The third-order valence-electron chi connectivity index (χ3n) is 0.971. The SMILES string of the molecule is C[N+](C)(C#P=O)CCO.O. The number of hydrogen-bond acceptors (Lipinski definition) is 2. The molecule has 4 nitrogen and oxygen atoms in total. The minimum absolute atomic E-state index is 0. The Morgan fingerprint density at radius 2 is 2.10 bits per heavy atom. The Morgan fingerprint density at radius 3 is 2.40 bits per heavy atom. The number of aliphatic hydroxyl groups excluding tert-OH is 1. The van der Waals surface area contributed by atoms with Gasteiger partial charge in [0.1, 0.15) is 0 Å². The van der Waals surface area contributed by atoms with E-state index in [4.69, 9.17) is 5.11 Å². The molecule has 3 N–H and O–H groups in total. The quantitative estimate of drug-likeness (QED) is 0.441. The van der Waals surface area contributed by atoms with Crippen LogP contribution < -0.4 is 0 Å². The van der Waals surface area contributed by atoms with E-state index in [0.717, 1.165) is 0 Å². The molecule has 0 aromatic rings. The van der Waals surface area contributed by atoms with Gasteiger partial charge in [-0.05, 0) is 0 Å². The van der Waals surface area contributed by atoms with Crippen molar-refractivity contribution in [2.45, 2.75) is 0 Å². The Bertz CT molecular complexity index is 172. The predicted octanol–water partition coefficient (Wildman–Crippen LogP) is -0.561. The maximum atomic E-state index is 9.98. The summed E-state index contributed by atoms with van der Waals surface area (Å²) in [5.74, 6) is 2.62. The summed E-state index contributed by atoms with van der Waals surface area (Å²) in [4.78, 5) is 0. The van der Waals surface area contributed by atoms with E-state index < -0.39 is 0 Å². The van der Waals surface area contributed by atoms with E-state index in [-0.39, 0.29) is 20.0 Å². The summed E-state index contributed by atoms with van der Waals surface area (Å²) in [6, 6.07) is 0. The Kier molecular flexibility index (Phi) is 7.10. The van der Waals surface area contributed by atoms with Gasteiger partial charge in [-0.2, -0.15) is 0 Å². The summed E-state index contributed by atoms with van der Waals surface area (Å²) >= 11 is 0. The van der Waals surface area contributed by atoms with Crippen LogP contribution in [-0.2, 0) is 4.57 Å². The summed E-state index contributed by atoms with van der Waals surface area (Å²) in [6.07, 6.45) is 0. The third-order valence-corrected chi connectivity index (χ3v) is 1.59. The molecule has 60 valence electrons. The van der Waals surface area contributed by atoms with Gasteiger partial charge in [-0.25, -0.2) is 0 Å². The van der Waals surface area contributed by atoms with Gasteiger partial charge in [-0.3, -0.25) is 0 Å². The molecule has 0 aliphatic heterocycles. The van der Waals surface area contributed by atoms with Crippen LogP contribution in [0.3, 0.4) is 0 Å². The molecule has 0 heterocycles. The van der Waals surface area contributed by atoms with E-state index in [9.17, 15) is 4.57 Å². The summed E-state index contributed by atoms with van der Waals surface area (Å²) in [6.45, 7) is 0.644. The van der Waals surface area contributed by atoms with Gasteiger partial charge in [0.15, 0.2) is 0 Å². The second-order valence-electron chi connectivity index (χ2n) is 2.32.